The minimum Gasteiger partial charge on any atom is -0.396 e. The maximum atomic E-state index is 9.10. The predicted octanol–water partition coefficient (Wildman–Crippen LogP) is 1.91. The van der Waals surface area contributed by atoms with E-state index < -0.39 is 0 Å². The Hall–Kier alpha value is -1.01. The van der Waals surface area contributed by atoms with Gasteiger partial charge in [0.1, 0.15) is 0 Å². The van der Waals surface area contributed by atoms with Crippen LogP contribution in [-0.2, 0) is 0 Å². The Morgan fingerprint density at radius 2 is 2.11 bits per heavy atom. The molecule has 1 saturated heterocycles. The van der Waals surface area contributed by atoms with Crippen LogP contribution in [0, 0.1) is 5.92 Å². The Kier molecular flexibility index (Phi) is 5.27. The van der Waals surface area contributed by atoms with Crippen LogP contribution in [0.5, 0.6) is 0 Å². The summed E-state index contributed by atoms with van der Waals surface area (Å²) in [6.07, 6.45) is 5.49. The maximum Gasteiger partial charge on any atom is 0.226 e. The van der Waals surface area contributed by atoms with Crippen molar-refractivity contribution in [2.24, 2.45) is 10.9 Å². The first-order valence-electron chi connectivity index (χ1n) is 6.58. The van der Waals surface area contributed by atoms with Crippen LogP contribution in [-0.4, -0.2) is 47.0 Å². The molecule has 0 bridgehead atoms. The highest BCUT2D eigenvalue weighted by molar-refractivity contribution is 9.10. The van der Waals surface area contributed by atoms with Crippen molar-refractivity contribution in [1.29, 1.82) is 0 Å². The molecule has 104 valence electrons. The van der Waals surface area contributed by atoms with Gasteiger partial charge in [-0.25, -0.2) is 9.97 Å². The van der Waals surface area contributed by atoms with E-state index in [1.165, 1.54) is 5.71 Å². The number of aliphatic imine (C=N–C) groups is 1. The molecular formula is C13H19BrN4O. The van der Waals surface area contributed by atoms with Crippen molar-refractivity contribution in [3.05, 3.63) is 16.9 Å². The highest BCUT2D eigenvalue weighted by Gasteiger charge is 2.23. The molecule has 2 heterocycles. The molecule has 0 spiro atoms. The topological polar surface area (TPSA) is 61.6 Å². The summed E-state index contributed by atoms with van der Waals surface area (Å²) in [5, 5.41) is 9.10. The lowest BCUT2D eigenvalue weighted by molar-refractivity contribution is 0.217. The van der Waals surface area contributed by atoms with Gasteiger partial charge in [0, 0.05) is 25.5 Å². The number of aliphatic hydroxyl groups is 1. The van der Waals surface area contributed by atoms with E-state index in [0.29, 0.717) is 5.92 Å². The first-order valence-corrected chi connectivity index (χ1v) is 7.37. The Bertz CT molecular complexity index is 423. The highest BCUT2D eigenvalue weighted by Crippen LogP contribution is 2.16. The summed E-state index contributed by atoms with van der Waals surface area (Å²) in [6.45, 7) is 4.81. The molecule has 0 radical (unpaired) electrons. The van der Waals surface area contributed by atoms with Crippen molar-refractivity contribution in [2.75, 3.05) is 31.1 Å². The van der Waals surface area contributed by atoms with Gasteiger partial charge in [-0.15, -0.1) is 0 Å². The van der Waals surface area contributed by atoms with Gasteiger partial charge in [-0.3, -0.25) is 4.99 Å². The summed E-state index contributed by atoms with van der Waals surface area (Å²) in [5.41, 5.74) is 1.19. The average molecular weight is 327 g/mol. The van der Waals surface area contributed by atoms with Gasteiger partial charge in [0.2, 0.25) is 5.95 Å². The van der Waals surface area contributed by atoms with Gasteiger partial charge in [-0.05, 0) is 28.3 Å². The van der Waals surface area contributed by atoms with Crippen LogP contribution in [0.15, 0.2) is 21.9 Å². The molecule has 1 aromatic rings. The standard InChI is InChI=1S/C13H19BrN4O/c1-2-10(9-19)3-4-15-12-7-18(8-12)13-16-5-11(14)6-17-13/h5-6,10,19H,2-4,7-9H2,1H3. The lowest BCUT2D eigenvalue weighted by atomic mass is 10.0. The Morgan fingerprint density at radius 3 is 2.68 bits per heavy atom. The third-order valence-corrected chi connectivity index (χ3v) is 3.75. The molecule has 2 rings (SSSR count). The molecule has 1 unspecified atom stereocenters. The van der Waals surface area contributed by atoms with Crippen LogP contribution >= 0.6 is 15.9 Å². The molecule has 0 aliphatic carbocycles. The van der Waals surface area contributed by atoms with Crippen LogP contribution in [0.3, 0.4) is 0 Å². The van der Waals surface area contributed by atoms with Gasteiger partial charge in [0.25, 0.3) is 0 Å². The SMILES string of the molecule is CCC(CO)CCN=C1CN(c2ncc(Br)cn2)C1. The number of rotatable bonds is 6. The fraction of sp³-hybridized carbons (Fsp3) is 0.615. The third kappa shape index (κ3) is 3.98. The molecule has 1 N–H and O–H groups in total. The van der Waals surface area contributed by atoms with Gasteiger partial charge < -0.3 is 10.0 Å². The summed E-state index contributed by atoms with van der Waals surface area (Å²) in [7, 11) is 0. The smallest absolute Gasteiger partial charge is 0.226 e. The summed E-state index contributed by atoms with van der Waals surface area (Å²) in [5.74, 6) is 1.14. The molecule has 19 heavy (non-hydrogen) atoms. The molecule has 0 amide bonds. The summed E-state index contributed by atoms with van der Waals surface area (Å²) < 4.78 is 0.889. The normalized spacial score (nSPS) is 16.2. The largest absolute Gasteiger partial charge is 0.396 e. The molecule has 1 atom stereocenters. The third-order valence-electron chi connectivity index (χ3n) is 3.34. The number of aromatic nitrogens is 2. The molecule has 0 saturated carbocycles. The molecule has 6 heteroatoms. The van der Waals surface area contributed by atoms with Crippen molar-refractivity contribution in [3.8, 4) is 0 Å². The molecule has 1 aromatic heterocycles. The fourth-order valence-corrected chi connectivity index (χ4v) is 2.14. The van der Waals surface area contributed by atoms with Crippen molar-refractivity contribution in [2.45, 2.75) is 19.8 Å². The molecule has 1 fully saturated rings. The second kappa shape index (κ2) is 6.96. The van der Waals surface area contributed by atoms with Crippen molar-refractivity contribution in [3.63, 3.8) is 0 Å². The van der Waals surface area contributed by atoms with Crippen LogP contribution in [0.1, 0.15) is 19.8 Å². The van der Waals surface area contributed by atoms with E-state index in [0.717, 1.165) is 42.9 Å². The van der Waals surface area contributed by atoms with E-state index in [1.54, 1.807) is 12.4 Å². The van der Waals surface area contributed by atoms with E-state index in [4.69, 9.17) is 5.11 Å². The number of anilines is 1. The number of nitrogens with zero attached hydrogens (tertiary/aromatic N) is 4. The van der Waals surface area contributed by atoms with Crippen molar-refractivity contribution >= 4 is 27.6 Å². The molecule has 1 aliphatic heterocycles. The lowest BCUT2D eigenvalue weighted by Crippen LogP contribution is -2.48. The van der Waals surface area contributed by atoms with E-state index in [9.17, 15) is 0 Å². The second-order valence-electron chi connectivity index (χ2n) is 4.75. The van der Waals surface area contributed by atoms with E-state index in [-0.39, 0.29) is 6.61 Å². The van der Waals surface area contributed by atoms with Gasteiger partial charge in [0.15, 0.2) is 0 Å². The molecule has 1 aliphatic rings. The van der Waals surface area contributed by atoms with Gasteiger partial charge in [-0.2, -0.15) is 0 Å². The Labute approximate surface area is 121 Å². The maximum absolute atomic E-state index is 9.10. The van der Waals surface area contributed by atoms with Gasteiger partial charge in [0.05, 0.1) is 23.3 Å². The summed E-state index contributed by atoms with van der Waals surface area (Å²) in [6, 6.07) is 0. The summed E-state index contributed by atoms with van der Waals surface area (Å²) in [4.78, 5) is 15.1. The monoisotopic (exact) mass is 326 g/mol. The zero-order chi connectivity index (χ0) is 13.7. The van der Waals surface area contributed by atoms with Crippen molar-refractivity contribution in [1.82, 2.24) is 9.97 Å². The number of halogens is 1. The first kappa shape index (κ1) is 14.4. The lowest BCUT2D eigenvalue weighted by Gasteiger charge is -2.32. The van der Waals surface area contributed by atoms with Crippen LogP contribution in [0.4, 0.5) is 5.95 Å². The molecular weight excluding hydrogens is 308 g/mol. The average Bonchev–Trinajstić information content (AvgIpc) is 2.38. The Morgan fingerprint density at radius 1 is 1.42 bits per heavy atom. The number of hydrogen-bond donors (Lipinski definition) is 1. The molecule has 5 nitrogen and oxygen atoms in total. The quantitative estimate of drug-likeness (QED) is 0.867. The Balaban J connectivity index is 1.75. The van der Waals surface area contributed by atoms with Gasteiger partial charge >= 0.3 is 0 Å². The zero-order valence-corrected chi connectivity index (χ0v) is 12.7. The number of hydrogen-bond acceptors (Lipinski definition) is 5. The van der Waals surface area contributed by atoms with Gasteiger partial charge in [-0.1, -0.05) is 13.3 Å². The minimum atomic E-state index is 0.264. The summed E-state index contributed by atoms with van der Waals surface area (Å²) >= 11 is 3.32. The predicted molar refractivity (Wildman–Crippen MR) is 79.7 cm³/mol. The zero-order valence-electron chi connectivity index (χ0n) is 11.1. The van der Waals surface area contributed by atoms with E-state index >= 15 is 0 Å². The van der Waals surface area contributed by atoms with Crippen LogP contribution < -0.4 is 4.90 Å². The first-order chi connectivity index (χ1) is 9.22. The van der Waals surface area contributed by atoms with E-state index in [2.05, 4.69) is 42.7 Å². The van der Waals surface area contributed by atoms with E-state index in [1.807, 2.05) is 0 Å². The van der Waals surface area contributed by atoms with Crippen LogP contribution in [0.2, 0.25) is 0 Å². The fourth-order valence-electron chi connectivity index (χ4n) is 1.93. The van der Waals surface area contributed by atoms with Crippen molar-refractivity contribution < 1.29 is 5.11 Å². The second-order valence-corrected chi connectivity index (χ2v) is 5.67. The van der Waals surface area contributed by atoms with Crippen LogP contribution in [0.25, 0.3) is 0 Å². The number of aliphatic hydroxyl groups excluding tert-OH is 1. The minimum absolute atomic E-state index is 0.264. The molecule has 0 aromatic carbocycles. The highest BCUT2D eigenvalue weighted by atomic mass is 79.9.